The number of likely N-dealkylation sites (N-methyl/N-ethyl adjacent to an activating group) is 1. The highest BCUT2D eigenvalue weighted by atomic mass is 16.6. The monoisotopic (exact) mass is 267 g/mol. The van der Waals surface area contributed by atoms with Crippen LogP contribution in [0.5, 0.6) is 5.75 Å². The number of phenolic OH excluding ortho intramolecular Hbond substituents is 1. The minimum atomic E-state index is -0.797. The Morgan fingerprint density at radius 3 is 2.63 bits per heavy atom. The van der Waals surface area contributed by atoms with E-state index in [1.54, 1.807) is 6.92 Å². The number of amides is 2. The highest BCUT2D eigenvalue weighted by Crippen LogP contribution is 2.22. The Balaban J connectivity index is 2.84. The maximum atomic E-state index is 11.7. The first kappa shape index (κ1) is 14.4. The molecule has 0 bridgehead atoms. The summed E-state index contributed by atoms with van der Waals surface area (Å²) in [7, 11) is 0. The first-order valence-electron chi connectivity index (χ1n) is 5.48. The second-order valence-corrected chi connectivity index (χ2v) is 3.59. The number of nitrogens with one attached hydrogen (secondary N) is 2. The first-order chi connectivity index (χ1) is 8.95. The van der Waals surface area contributed by atoms with Crippen molar-refractivity contribution in [1.29, 1.82) is 0 Å². The number of nitrogens with zero attached hydrogens (tertiary/aromatic N) is 1. The van der Waals surface area contributed by atoms with Gasteiger partial charge < -0.3 is 15.7 Å². The molecule has 1 aromatic carbocycles. The summed E-state index contributed by atoms with van der Waals surface area (Å²) in [6.45, 7) is 1.85. The summed E-state index contributed by atoms with van der Waals surface area (Å²) >= 11 is 0. The quantitative estimate of drug-likeness (QED) is 0.518. The van der Waals surface area contributed by atoms with Gasteiger partial charge in [0.15, 0.2) is 0 Å². The molecule has 0 saturated heterocycles. The maximum absolute atomic E-state index is 11.7. The van der Waals surface area contributed by atoms with Crippen LogP contribution in [0.2, 0.25) is 0 Å². The SMILES string of the molecule is CCNC(=O)CNC(=O)c1cc(O)ccc1[N+](=O)[O-]. The Hall–Kier alpha value is -2.64. The number of carbonyl (C=O) groups excluding carboxylic acids is 2. The predicted molar refractivity (Wildman–Crippen MR) is 65.8 cm³/mol. The van der Waals surface area contributed by atoms with Crippen molar-refractivity contribution in [1.82, 2.24) is 10.6 Å². The molecule has 0 saturated carbocycles. The topological polar surface area (TPSA) is 122 Å². The van der Waals surface area contributed by atoms with Crippen LogP contribution >= 0.6 is 0 Å². The average Bonchev–Trinajstić information content (AvgIpc) is 2.35. The van der Waals surface area contributed by atoms with Crippen LogP contribution in [0, 0.1) is 10.1 Å². The Labute approximate surface area is 108 Å². The molecule has 19 heavy (non-hydrogen) atoms. The zero-order chi connectivity index (χ0) is 14.4. The zero-order valence-corrected chi connectivity index (χ0v) is 10.2. The lowest BCUT2D eigenvalue weighted by Crippen LogP contribution is -2.36. The van der Waals surface area contributed by atoms with E-state index in [9.17, 15) is 24.8 Å². The Morgan fingerprint density at radius 1 is 1.37 bits per heavy atom. The molecule has 1 rings (SSSR count). The Morgan fingerprint density at radius 2 is 2.05 bits per heavy atom. The van der Waals surface area contributed by atoms with Gasteiger partial charge in [0.1, 0.15) is 11.3 Å². The van der Waals surface area contributed by atoms with E-state index < -0.39 is 22.4 Å². The molecule has 0 aliphatic carbocycles. The fourth-order valence-electron chi connectivity index (χ4n) is 1.38. The predicted octanol–water partition coefficient (Wildman–Crippen LogP) is 0.166. The number of nitro groups is 1. The summed E-state index contributed by atoms with van der Waals surface area (Å²) in [5.74, 6) is -1.47. The maximum Gasteiger partial charge on any atom is 0.282 e. The van der Waals surface area contributed by atoms with Crippen LogP contribution in [0.3, 0.4) is 0 Å². The largest absolute Gasteiger partial charge is 0.508 e. The van der Waals surface area contributed by atoms with E-state index in [2.05, 4.69) is 10.6 Å². The van der Waals surface area contributed by atoms with Crippen molar-refractivity contribution >= 4 is 17.5 Å². The molecule has 0 aliphatic rings. The molecule has 3 N–H and O–H groups in total. The van der Waals surface area contributed by atoms with Gasteiger partial charge in [-0.05, 0) is 19.1 Å². The fraction of sp³-hybridized carbons (Fsp3) is 0.273. The third-order valence-electron chi connectivity index (χ3n) is 2.20. The number of hydrogen-bond acceptors (Lipinski definition) is 5. The number of rotatable bonds is 5. The molecular formula is C11H13N3O5. The Kier molecular flexibility index (Phi) is 4.81. The van der Waals surface area contributed by atoms with Crippen LogP contribution < -0.4 is 10.6 Å². The fourth-order valence-corrected chi connectivity index (χ4v) is 1.38. The standard InChI is InChI=1S/C11H13N3O5/c1-2-12-10(16)6-13-11(17)8-5-7(15)3-4-9(8)14(18)19/h3-5,15H,2,6H2,1H3,(H,12,16)(H,13,17). The molecule has 0 heterocycles. The highest BCUT2D eigenvalue weighted by molar-refractivity contribution is 6.00. The van der Waals surface area contributed by atoms with Gasteiger partial charge in [0, 0.05) is 12.6 Å². The molecule has 0 fully saturated rings. The summed E-state index contributed by atoms with van der Waals surface area (Å²) in [5, 5.41) is 24.7. The summed E-state index contributed by atoms with van der Waals surface area (Å²) in [5.41, 5.74) is -0.736. The molecule has 0 atom stereocenters. The van der Waals surface area contributed by atoms with Crippen molar-refractivity contribution < 1.29 is 19.6 Å². The molecule has 2 amide bonds. The van der Waals surface area contributed by atoms with Gasteiger partial charge in [-0.15, -0.1) is 0 Å². The molecule has 0 radical (unpaired) electrons. The third kappa shape index (κ3) is 3.95. The van der Waals surface area contributed by atoms with Gasteiger partial charge in [0.2, 0.25) is 5.91 Å². The number of nitro benzene ring substituents is 1. The van der Waals surface area contributed by atoms with Crippen LogP contribution in [-0.2, 0) is 4.79 Å². The van der Waals surface area contributed by atoms with Crippen molar-refractivity contribution in [2.24, 2.45) is 0 Å². The van der Waals surface area contributed by atoms with E-state index in [4.69, 9.17) is 0 Å². The van der Waals surface area contributed by atoms with Crippen molar-refractivity contribution in [2.75, 3.05) is 13.1 Å². The molecular weight excluding hydrogens is 254 g/mol. The molecule has 102 valence electrons. The minimum absolute atomic E-state index is 0.270. The van der Waals surface area contributed by atoms with E-state index in [1.165, 1.54) is 0 Å². The van der Waals surface area contributed by atoms with Gasteiger partial charge in [0.25, 0.3) is 11.6 Å². The molecule has 0 spiro atoms. The van der Waals surface area contributed by atoms with E-state index in [0.717, 1.165) is 18.2 Å². The van der Waals surface area contributed by atoms with Crippen LogP contribution in [0.25, 0.3) is 0 Å². The van der Waals surface area contributed by atoms with Gasteiger partial charge in [-0.3, -0.25) is 19.7 Å². The number of aromatic hydroxyl groups is 1. The first-order valence-corrected chi connectivity index (χ1v) is 5.48. The van der Waals surface area contributed by atoms with Gasteiger partial charge >= 0.3 is 0 Å². The lowest BCUT2D eigenvalue weighted by Gasteiger charge is -2.06. The Bertz CT molecular complexity index is 515. The molecule has 0 aromatic heterocycles. The lowest BCUT2D eigenvalue weighted by molar-refractivity contribution is -0.385. The van der Waals surface area contributed by atoms with Crippen molar-refractivity contribution in [3.63, 3.8) is 0 Å². The number of phenols is 1. The smallest absolute Gasteiger partial charge is 0.282 e. The molecule has 1 aromatic rings. The van der Waals surface area contributed by atoms with E-state index in [1.807, 2.05) is 0 Å². The summed E-state index contributed by atoms with van der Waals surface area (Å²) in [6, 6.07) is 3.11. The van der Waals surface area contributed by atoms with Gasteiger partial charge in [-0.1, -0.05) is 0 Å². The second-order valence-electron chi connectivity index (χ2n) is 3.59. The van der Waals surface area contributed by atoms with Crippen molar-refractivity contribution in [3.8, 4) is 5.75 Å². The summed E-state index contributed by atoms with van der Waals surface area (Å²) < 4.78 is 0. The van der Waals surface area contributed by atoms with E-state index in [-0.39, 0.29) is 17.9 Å². The zero-order valence-electron chi connectivity index (χ0n) is 10.2. The van der Waals surface area contributed by atoms with E-state index >= 15 is 0 Å². The van der Waals surface area contributed by atoms with Crippen LogP contribution in [-0.4, -0.2) is 34.9 Å². The normalized spacial score (nSPS) is 9.74. The van der Waals surface area contributed by atoms with Crippen LogP contribution in [0.4, 0.5) is 5.69 Å². The minimum Gasteiger partial charge on any atom is -0.508 e. The second kappa shape index (κ2) is 6.34. The van der Waals surface area contributed by atoms with Gasteiger partial charge in [-0.2, -0.15) is 0 Å². The number of carbonyl (C=O) groups is 2. The van der Waals surface area contributed by atoms with Gasteiger partial charge in [0.05, 0.1) is 11.5 Å². The number of benzene rings is 1. The molecule has 0 aliphatic heterocycles. The summed E-state index contributed by atoms with van der Waals surface area (Å²) in [6.07, 6.45) is 0. The average molecular weight is 267 g/mol. The lowest BCUT2D eigenvalue weighted by atomic mass is 10.1. The van der Waals surface area contributed by atoms with Crippen molar-refractivity contribution in [2.45, 2.75) is 6.92 Å². The van der Waals surface area contributed by atoms with Gasteiger partial charge in [-0.25, -0.2) is 0 Å². The van der Waals surface area contributed by atoms with Crippen molar-refractivity contribution in [3.05, 3.63) is 33.9 Å². The number of hydrogen-bond donors (Lipinski definition) is 3. The molecule has 0 unspecified atom stereocenters. The van der Waals surface area contributed by atoms with Crippen LogP contribution in [0.1, 0.15) is 17.3 Å². The summed E-state index contributed by atoms with van der Waals surface area (Å²) in [4.78, 5) is 32.9. The molecule has 8 heteroatoms. The third-order valence-corrected chi connectivity index (χ3v) is 2.20. The van der Waals surface area contributed by atoms with Crippen LogP contribution in [0.15, 0.2) is 18.2 Å². The van der Waals surface area contributed by atoms with E-state index in [0.29, 0.717) is 6.54 Å². The molecule has 8 nitrogen and oxygen atoms in total. The highest BCUT2D eigenvalue weighted by Gasteiger charge is 2.20.